The average Bonchev–Trinajstić information content (AvgIpc) is 2.53. The molecule has 0 amide bonds. The van der Waals surface area contributed by atoms with Crippen molar-refractivity contribution >= 4 is 0 Å². The molecular formula is C16H17N3O. The van der Waals surface area contributed by atoms with Gasteiger partial charge in [0.15, 0.2) is 0 Å². The van der Waals surface area contributed by atoms with E-state index in [-0.39, 0.29) is 12.1 Å². The van der Waals surface area contributed by atoms with Crippen molar-refractivity contribution < 1.29 is 4.74 Å². The monoisotopic (exact) mass is 267 g/mol. The van der Waals surface area contributed by atoms with Crippen molar-refractivity contribution in [2.45, 2.75) is 25.5 Å². The second kappa shape index (κ2) is 6.69. The van der Waals surface area contributed by atoms with Crippen LogP contribution in [0.4, 0.5) is 0 Å². The zero-order chi connectivity index (χ0) is 14.4. The van der Waals surface area contributed by atoms with Crippen molar-refractivity contribution in [1.29, 1.82) is 5.26 Å². The van der Waals surface area contributed by atoms with Crippen molar-refractivity contribution in [3.8, 4) is 11.8 Å². The van der Waals surface area contributed by atoms with E-state index in [1.807, 2.05) is 31.2 Å². The van der Waals surface area contributed by atoms with E-state index in [1.54, 1.807) is 24.5 Å². The van der Waals surface area contributed by atoms with Gasteiger partial charge in [-0.3, -0.25) is 4.98 Å². The van der Waals surface area contributed by atoms with Crippen LogP contribution in [0.1, 0.15) is 30.6 Å². The van der Waals surface area contributed by atoms with Gasteiger partial charge in [0, 0.05) is 24.0 Å². The molecule has 0 aliphatic carbocycles. The third-order valence-electron chi connectivity index (χ3n) is 3.13. The van der Waals surface area contributed by atoms with Crippen LogP contribution in [0.3, 0.4) is 0 Å². The van der Waals surface area contributed by atoms with Gasteiger partial charge in [0.2, 0.25) is 0 Å². The molecule has 2 N–H and O–H groups in total. The molecular weight excluding hydrogens is 250 g/mol. The Bertz CT molecular complexity index is 592. The zero-order valence-corrected chi connectivity index (χ0v) is 11.4. The molecule has 2 atom stereocenters. The highest BCUT2D eigenvalue weighted by molar-refractivity contribution is 5.43. The first-order valence-electron chi connectivity index (χ1n) is 6.57. The number of para-hydroxylation sites is 1. The topological polar surface area (TPSA) is 71.9 Å². The van der Waals surface area contributed by atoms with Crippen molar-refractivity contribution in [3.05, 3.63) is 59.9 Å². The number of nitriles is 1. The maximum Gasteiger partial charge on any atom is 0.140 e. The Morgan fingerprint density at radius 1 is 1.30 bits per heavy atom. The average molecular weight is 267 g/mol. The highest BCUT2D eigenvalue weighted by atomic mass is 16.5. The summed E-state index contributed by atoms with van der Waals surface area (Å²) < 4.78 is 5.99. The molecule has 1 heterocycles. The molecule has 2 aromatic rings. The third kappa shape index (κ3) is 3.14. The minimum absolute atomic E-state index is 0.161. The lowest BCUT2D eigenvalue weighted by molar-refractivity contribution is 0.170. The lowest BCUT2D eigenvalue weighted by Crippen LogP contribution is -2.31. The van der Waals surface area contributed by atoms with Crippen LogP contribution in [0.2, 0.25) is 0 Å². The smallest absolute Gasteiger partial charge is 0.140 e. The second-order valence-corrected chi connectivity index (χ2v) is 4.50. The molecule has 2 rings (SSSR count). The van der Waals surface area contributed by atoms with Crippen LogP contribution in [-0.4, -0.2) is 11.0 Å². The van der Waals surface area contributed by atoms with Crippen LogP contribution < -0.4 is 10.5 Å². The first-order valence-corrected chi connectivity index (χ1v) is 6.57. The maximum atomic E-state index is 9.12. The van der Waals surface area contributed by atoms with Gasteiger partial charge in [-0.05, 0) is 24.6 Å². The summed E-state index contributed by atoms with van der Waals surface area (Å²) in [6.07, 6.45) is 3.91. The standard InChI is InChI=1S/C16H17N3O/c1-2-14(18)16(13-7-5-9-19-11-13)20-15-8-4-3-6-12(15)10-17/h3-9,11,14,16H,2,18H2,1H3. The molecule has 0 fully saturated rings. The summed E-state index contributed by atoms with van der Waals surface area (Å²) in [5.74, 6) is 0.549. The van der Waals surface area contributed by atoms with E-state index < -0.39 is 0 Å². The lowest BCUT2D eigenvalue weighted by atomic mass is 10.0. The number of aromatic nitrogens is 1. The predicted molar refractivity (Wildman–Crippen MR) is 77.0 cm³/mol. The molecule has 20 heavy (non-hydrogen) atoms. The highest BCUT2D eigenvalue weighted by Gasteiger charge is 2.21. The van der Waals surface area contributed by atoms with Crippen LogP contribution in [0.15, 0.2) is 48.8 Å². The largest absolute Gasteiger partial charge is 0.483 e. The van der Waals surface area contributed by atoms with Crippen molar-refractivity contribution in [2.75, 3.05) is 0 Å². The zero-order valence-electron chi connectivity index (χ0n) is 11.4. The molecule has 1 aromatic carbocycles. The molecule has 4 nitrogen and oxygen atoms in total. The van der Waals surface area contributed by atoms with Gasteiger partial charge in [0.05, 0.1) is 5.56 Å². The summed E-state index contributed by atoms with van der Waals surface area (Å²) in [5, 5.41) is 9.12. The minimum atomic E-state index is -0.316. The van der Waals surface area contributed by atoms with E-state index in [2.05, 4.69) is 11.1 Å². The fourth-order valence-electron chi connectivity index (χ4n) is 1.96. The van der Waals surface area contributed by atoms with E-state index in [1.165, 1.54) is 0 Å². The van der Waals surface area contributed by atoms with Crippen LogP contribution in [0.5, 0.6) is 5.75 Å². The Hall–Kier alpha value is -2.38. The van der Waals surface area contributed by atoms with Crippen molar-refractivity contribution in [3.63, 3.8) is 0 Å². The van der Waals surface area contributed by atoms with Crippen LogP contribution >= 0.6 is 0 Å². The van der Waals surface area contributed by atoms with Crippen molar-refractivity contribution in [1.82, 2.24) is 4.98 Å². The first-order chi connectivity index (χ1) is 9.76. The Balaban J connectivity index is 2.32. The summed E-state index contributed by atoms with van der Waals surface area (Å²) in [6, 6.07) is 12.9. The van der Waals surface area contributed by atoms with Crippen LogP contribution in [0, 0.1) is 11.3 Å². The maximum absolute atomic E-state index is 9.12. The third-order valence-corrected chi connectivity index (χ3v) is 3.13. The van der Waals surface area contributed by atoms with Crippen molar-refractivity contribution in [2.24, 2.45) is 5.73 Å². The molecule has 1 aromatic heterocycles. The number of pyridine rings is 1. The van der Waals surface area contributed by atoms with Gasteiger partial charge in [0.25, 0.3) is 0 Å². The molecule has 102 valence electrons. The number of nitrogens with two attached hydrogens (primary N) is 1. The first kappa shape index (κ1) is 14.0. The fourth-order valence-corrected chi connectivity index (χ4v) is 1.96. The molecule has 2 unspecified atom stereocenters. The number of hydrogen-bond donors (Lipinski definition) is 1. The molecule has 0 radical (unpaired) electrons. The normalized spacial score (nSPS) is 13.2. The summed E-state index contributed by atoms with van der Waals surface area (Å²) in [6.45, 7) is 2.01. The minimum Gasteiger partial charge on any atom is -0.483 e. The summed E-state index contributed by atoms with van der Waals surface area (Å²) >= 11 is 0. The van der Waals surface area contributed by atoms with Gasteiger partial charge in [0.1, 0.15) is 17.9 Å². The molecule has 0 aliphatic heterocycles. The predicted octanol–water partition coefficient (Wildman–Crippen LogP) is 2.81. The Morgan fingerprint density at radius 3 is 2.75 bits per heavy atom. The van der Waals surface area contributed by atoms with Gasteiger partial charge in [-0.25, -0.2) is 0 Å². The SMILES string of the molecule is CCC(N)C(Oc1ccccc1C#N)c1cccnc1. The van der Waals surface area contributed by atoms with Gasteiger partial charge in [-0.15, -0.1) is 0 Å². The van der Waals surface area contributed by atoms with E-state index in [4.69, 9.17) is 15.7 Å². The summed E-state index contributed by atoms with van der Waals surface area (Å²) in [5.41, 5.74) is 7.57. The Kier molecular flexibility index (Phi) is 4.70. The molecule has 4 heteroatoms. The Labute approximate surface area is 118 Å². The summed E-state index contributed by atoms with van der Waals surface area (Å²) in [7, 11) is 0. The Morgan fingerprint density at radius 2 is 2.10 bits per heavy atom. The van der Waals surface area contributed by atoms with E-state index in [0.717, 1.165) is 12.0 Å². The van der Waals surface area contributed by atoms with Crippen LogP contribution in [-0.2, 0) is 0 Å². The molecule has 0 saturated carbocycles. The fraction of sp³-hybridized carbons (Fsp3) is 0.250. The van der Waals surface area contributed by atoms with E-state index >= 15 is 0 Å². The van der Waals surface area contributed by atoms with Gasteiger partial charge in [-0.2, -0.15) is 5.26 Å². The molecule has 0 bridgehead atoms. The van der Waals surface area contributed by atoms with Gasteiger partial charge < -0.3 is 10.5 Å². The number of ether oxygens (including phenoxy) is 1. The van der Waals surface area contributed by atoms with Crippen LogP contribution in [0.25, 0.3) is 0 Å². The second-order valence-electron chi connectivity index (χ2n) is 4.50. The van der Waals surface area contributed by atoms with E-state index in [0.29, 0.717) is 11.3 Å². The number of nitrogens with zero attached hydrogens (tertiary/aromatic N) is 2. The lowest BCUT2D eigenvalue weighted by Gasteiger charge is -2.24. The quantitative estimate of drug-likeness (QED) is 0.904. The number of benzene rings is 1. The molecule has 0 spiro atoms. The number of hydrogen-bond acceptors (Lipinski definition) is 4. The summed E-state index contributed by atoms with van der Waals surface area (Å²) in [4.78, 5) is 4.11. The highest BCUT2D eigenvalue weighted by Crippen LogP contribution is 2.27. The van der Waals surface area contributed by atoms with E-state index in [9.17, 15) is 0 Å². The number of rotatable bonds is 5. The molecule has 0 saturated heterocycles. The van der Waals surface area contributed by atoms with Gasteiger partial charge >= 0.3 is 0 Å². The molecule has 0 aliphatic rings. The van der Waals surface area contributed by atoms with Gasteiger partial charge in [-0.1, -0.05) is 25.1 Å².